The minimum atomic E-state index is -0.654. The first-order valence-corrected chi connectivity index (χ1v) is 4.82. The van der Waals surface area contributed by atoms with E-state index < -0.39 is 5.97 Å². The molecule has 2 saturated heterocycles. The van der Waals surface area contributed by atoms with Crippen molar-refractivity contribution in [3.63, 3.8) is 0 Å². The van der Waals surface area contributed by atoms with Gasteiger partial charge >= 0.3 is 5.97 Å². The Kier molecular flexibility index (Phi) is 2.26. The molecular formula is C9H16N2O2. The topological polar surface area (TPSA) is 43.8 Å². The maximum absolute atomic E-state index is 10.7. The van der Waals surface area contributed by atoms with Gasteiger partial charge in [0.2, 0.25) is 0 Å². The molecule has 0 spiro atoms. The number of rotatable bonds is 3. The molecule has 0 aromatic carbocycles. The zero-order chi connectivity index (χ0) is 9.42. The van der Waals surface area contributed by atoms with Gasteiger partial charge in [-0.25, -0.2) is 0 Å². The summed E-state index contributed by atoms with van der Waals surface area (Å²) in [5.41, 5.74) is 0. The SMILES string of the molecule is CN1CC(CN2CCC2C(=O)O)C1. The largest absolute Gasteiger partial charge is 0.480 e. The fraction of sp³-hybridized carbons (Fsp3) is 0.889. The molecule has 74 valence electrons. The quantitative estimate of drug-likeness (QED) is 0.654. The van der Waals surface area contributed by atoms with Crippen LogP contribution in [0.25, 0.3) is 0 Å². The zero-order valence-corrected chi connectivity index (χ0v) is 7.94. The lowest BCUT2D eigenvalue weighted by atomic mass is 9.95. The van der Waals surface area contributed by atoms with Gasteiger partial charge in [-0.2, -0.15) is 0 Å². The number of carboxylic acids is 1. The molecule has 0 aliphatic carbocycles. The first-order chi connectivity index (χ1) is 6.16. The Morgan fingerprint density at radius 1 is 1.54 bits per heavy atom. The van der Waals surface area contributed by atoms with Gasteiger partial charge < -0.3 is 10.0 Å². The van der Waals surface area contributed by atoms with Crippen LogP contribution in [0.1, 0.15) is 6.42 Å². The van der Waals surface area contributed by atoms with Crippen LogP contribution in [0.15, 0.2) is 0 Å². The van der Waals surface area contributed by atoms with E-state index in [4.69, 9.17) is 5.11 Å². The Labute approximate surface area is 78.1 Å². The van der Waals surface area contributed by atoms with Crippen molar-refractivity contribution in [3.8, 4) is 0 Å². The Bertz CT molecular complexity index is 214. The lowest BCUT2D eigenvalue weighted by molar-refractivity contribution is -0.149. The summed E-state index contributed by atoms with van der Waals surface area (Å²) in [6, 6.07) is -0.189. The minimum Gasteiger partial charge on any atom is -0.480 e. The third-order valence-corrected chi connectivity index (χ3v) is 3.05. The predicted octanol–water partition coefficient (Wildman–Crippen LogP) is -0.293. The van der Waals surface area contributed by atoms with Crippen LogP contribution < -0.4 is 0 Å². The van der Waals surface area contributed by atoms with Crippen LogP contribution in [-0.4, -0.2) is 60.1 Å². The van der Waals surface area contributed by atoms with Crippen LogP contribution in [0.2, 0.25) is 0 Å². The first kappa shape index (κ1) is 8.97. The van der Waals surface area contributed by atoms with E-state index in [2.05, 4.69) is 16.8 Å². The van der Waals surface area contributed by atoms with E-state index >= 15 is 0 Å². The van der Waals surface area contributed by atoms with E-state index in [9.17, 15) is 4.79 Å². The van der Waals surface area contributed by atoms with Crippen molar-refractivity contribution in [2.45, 2.75) is 12.5 Å². The van der Waals surface area contributed by atoms with Crippen LogP contribution in [0.5, 0.6) is 0 Å². The van der Waals surface area contributed by atoms with E-state index in [1.807, 2.05) is 0 Å². The highest BCUT2D eigenvalue weighted by atomic mass is 16.4. The molecule has 2 rings (SSSR count). The van der Waals surface area contributed by atoms with Crippen LogP contribution in [0, 0.1) is 5.92 Å². The smallest absolute Gasteiger partial charge is 0.320 e. The molecule has 0 radical (unpaired) electrons. The molecule has 0 saturated carbocycles. The van der Waals surface area contributed by atoms with Gasteiger partial charge in [0.1, 0.15) is 6.04 Å². The molecular weight excluding hydrogens is 168 g/mol. The third kappa shape index (κ3) is 1.69. The van der Waals surface area contributed by atoms with Gasteiger partial charge in [0.15, 0.2) is 0 Å². The number of carbonyl (C=O) groups is 1. The first-order valence-electron chi connectivity index (χ1n) is 4.82. The summed E-state index contributed by atoms with van der Waals surface area (Å²) in [6.45, 7) is 4.20. The van der Waals surface area contributed by atoms with Gasteiger partial charge in [-0.05, 0) is 19.4 Å². The van der Waals surface area contributed by atoms with Gasteiger partial charge in [-0.3, -0.25) is 9.69 Å². The third-order valence-electron chi connectivity index (χ3n) is 3.05. The molecule has 2 heterocycles. The maximum Gasteiger partial charge on any atom is 0.320 e. The second kappa shape index (κ2) is 3.27. The Hall–Kier alpha value is -0.610. The van der Waals surface area contributed by atoms with Crippen molar-refractivity contribution in [2.75, 3.05) is 33.2 Å². The highest BCUT2D eigenvalue weighted by Crippen LogP contribution is 2.22. The Morgan fingerprint density at radius 2 is 2.23 bits per heavy atom. The summed E-state index contributed by atoms with van der Waals surface area (Å²) < 4.78 is 0. The van der Waals surface area contributed by atoms with Gasteiger partial charge in [0, 0.05) is 26.2 Å². The molecule has 1 N–H and O–H groups in total. The minimum absolute atomic E-state index is 0.189. The number of nitrogens with zero attached hydrogens (tertiary/aromatic N) is 2. The molecule has 0 bridgehead atoms. The van der Waals surface area contributed by atoms with Gasteiger partial charge in [-0.1, -0.05) is 0 Å². The van der Waals surface area contributed by atoms with Crippen molar-refractivity contribution in [1.82, 2.24) is 9.80 Å². The number of carboxylic acid groups (broad SMARTS) is 1. The van der Waals surface area contributed by atoms with E-state index in [0.29, 0.717) is 5.92 Å². The molecule has 4 nitrogen and oxygen atoms in total. The van der Waals surface area contributed by atoms with Crippen molar-refractivity contribution in [2.24, 2.45) is 5.92 Å². The lowest BCUT2D eigenvalue weighted by Gasteiger charge is -2.45. The highest BCUT2D eigenvalue weighted by Gasteiger charge is 2.37. The maximum atomic E-state index is 10.7. The average molecular weight is 184 g/mol. The van der Waals surface area contributed by atoms with Gasteiger partial charge in [0.25, 0.3) is 0 Å². The molecule has 2 aliphatic rings. The number of likely N-dealkylation sites (tertiary alicyclic amines) is 2. The predicted molar refractivity (Wildman–Crippen MR) is 48.6 cm³/mol. The summed E-state index contributed by atoms with van der Waals surface area (Å²) in [4.78, 5) is 15.0. The molecule has 0 aromatic heterocycles. The number of hydrogen-bond donors (Lipinski definition) is 1. The zero-order valence-electron chi connectivity index (χ0n) is 7.94. The summed E-state index contributed by atoms with van der Waals surface area (Å²) in [6.07, 6.45) is 0.831. The van der Waals surface area contributed by atoms with Crippen LogP contribution in [0.4, 0.5) is 0 Å². The molecule has 2 aliphatic heterocycles. The monoisotopic (exact) mass is 184 g/mol. The van der Waals surface area contributed by atoms with Crippen molar-refractivity contribution >= 4 is 5.97 Å². The average Bonchev–Trinajstić information content (AvgIpc) is 1.91. The van der Waals surface area contributed by atoms with E-state index in [1.165, 1.54) is 0 Å². The van der Waals surface area contributed by atoms with E-state index in [1.54, 1.807) is 0 Å². The molecule has 1 unspecified atom stereocenters. The van der Waals surface area contributed by atoms with Gasteiger partial charge in [-0.15, -0.1) is 0 Å². The standard InChI is InChI=1S/C9H16N2O2/c1-10-4-7(5-10)6-11-3-2-8(11)9(12)13/h7-8H,2-6H2,1H3,(H,12,13). The molecule has 4 heteroatoms. The Balaban J connectivity index is 1.73. The second-order valence-corrected chi connectivity index (χ2v) is 4.22. The van der Waals surface area contributed by atoms with Gasteiger partial charge in [0.05, 0.1) is 0 Å². The van der Waals surface area contributed by atoms with E-state index in [0.717, 1.165) is 32.6 Å². The van der Waals surface area contributed by atoms with Crippen molar-refractivity contribution < 1.29 is 9.90 Å². The highest BCUT2D eigenvalue weighted by molar-refractivity contribution is 5.74. The molecule has 0 aromatic rings. The van der Waals surface area contributed by atoms with E-state index in [-0.39, 0.29) is 6.04 Å². The lowest BCUT2D eigenvalue weighted by Crippen LogP contribution is -2.58. The molecule has 1 atom stereocenters. The number of aliphatic carboxylic acids is 1. The van der Waals surface area contributed by atoms with Crippen LogP contribution in [0.3, 0.4) is 0 Å². The molecule has 13 heavy (non-hydrogen) atoms. The van der Waals surface area contributed by atoms with Crippen molar-refractivity contribution in [1.29, 1.82) is 0 Å². The summed E-state index contributed by atoms with van der Waals surface area (Å²) >= 11 is 0. The molecule has 0 amide bonds. The van der Waals surface area contributed by atoms with Crippen LogP contribution in [-0.2, 0) is 4.79 Å². The Morgan fingerprint density at radius 3 is 2.62 bits per heavy atom. The summed E-state index contributed by atoms with van der Waals surface area (Å²) in [7, 11) is 2.10. The fourth-order valence-corrected chi connectivity index (χ4v) is 2.21. The molecule has 2 fully saturated rings. The normalized spacial score (nSPS) is 31.0. The second-order valence-electron chi connectivity index (χ2n) is 4.22. The fourth-order valence-electron chi connectivity index (χ4n) is 2.21. The summed E-state index contributed by atoms with van der Waals surface area (Å²) in [5, 5.41) is 8.81. The van der Waals surface area contributed by atoms with Crippen molar-refractivity contribution in [3.05, 3.63) is 0 Å². The summed E-state index contributed by atoms with van der Waals surface area (Å²) in [5.74, 6) is 0.0473. The number of hydrogen-bond acceptors (Lipinski definition) is 3. The van der Waals surface area contributed by atoms with Crippen LogP contribution >= 0.6 is 0 Å².